The minimum atomic E-state index is -1.31. The maximum absolute atomic E-state index is 12.8. The summed E-state index contributed by atoms with van der Waals surface area (Å²) in [6.45, 7) is 2.08. The normalized spacial score (nSPS) is 11.8. The van der Waals surface area contributed by atoms with Crippen molar-refractivity contribution in [2.24, 2.45) is 0 Å². The van der Waals surface area contributed by atoms with Gasteiger partial charge in [0.15, 0.2) is 0 Å². The summed E-state index contributed by atoms with van der Waals surface area (Å²) < 4.78 is 12.8. The van der Waals surface area contributed by atoms with E-state index in [4.69, 9.17) is 5.11 Å². The van der Waals surface area contributed by atoms with Gasteiger partial charge in [-0.3, -0.25) is 14.4 Å². The summed E-state index contributed by atoms with van der Waals surface area (Å²) in [6, 6.07) is 7.14. The van der Waals surface area contributed by atoms with Gasteiger partial charge in [0.05, 0.1) is 20.8 Å². The lowest BCUT2D eigenvalue weighted by Crippen LogP contribution is -2.40. The first-order valence-corrected chi connectivity index (χ1v) is 11.2. The van der Waals surface area contributed by atoms with Gasteiger partial charge in [0.2, 0.25) is 0 Å². The Labute approximate surface area is 197 Å². The fourth-order valence-corrected chi connectivity index (χ4v) is 4.31. The molecule has 0 aliphatic rings. The third-order valence-electron chi connectivity index (χ3n) is 5.08. The van der Waals surface area contributed by atoms with E-state index in [2.05, 4.69) is 15.3 Å². The van der Waals surface area contributed by atoms with Gasteiger partial charge in [0.25, 0.3) is 11.5 Å². The van der Waals surface area contributed by atoms with Crippen LogP contribution in [-0.2, 0) is 22.8 Å². The maximum Gasteiger partial charge on any atom is 0.326 e. The summed E-state index contributed by atoms with van der Waals surface area (Å²) in [7, 11) is 0. The number of carboxylic acids is 2. The zero-order valence-corrected chi connectivity index (χ0v) is 19.0. The highest BCUT2D eigenvalue weighted by atomic mass is 32.1. The molecule has 0 aliphatic heterocycles. The lowest BCUT2D eigenvalue weighted by Gasteiger charge is -2.21. The fourth-order valence-electron chi connectivity index (χ4n) is 3.34. The molecule has 0 radical (unpaired) electrons. The second kappa shape index (κ2) is 10.9. The van der Waals surface area contributed by atoms with Crippen LogP contribution in [0.5, 0.6) is 0 Å². The van der Waals surface area contributed by atoms with Crippen molar-refractivity contribution < 1.29 is 29.0 Å². The highest BCUT2D eigenvalue weighted by molar-refractivity contribution is 7.18. The minimum absolute atomic E-state index is 0.0297. The van der Waals surface area contributed by atoms with Crippen molar-refractivity contribution in [3.05, 3.63) is 57.0 Å². The second-order valence-electron chi connectivity index (χ2n) is 7.45. The average Bonchev–Trinajstić information content (AvgIpc) is 3.30. The fraction of sp³-hybridized carbons (Fsp3) is 0.318. The van der Waals surface area contributed by atoms with E-state index in [0.717, 1.165) is 10.6 Å². The summed E-state index contributed by atoms with van der Waals surface area (Å²) in [5, 5.41) is 21.5. The van der Waals surface area contributed by atoms with Crippen molar-refractivity contribution in [2.45, 2.75) is 39.0 Å². The summed E-state index contributed by atoms with van der Waals surface area (Å²) >= 11 is 1.17. The predicted molar refractivity (Wildman–Crippen MR) is 124 cm³/mol. The molecule has 0 unspecified atom stereocenters. The predicted octanol–water partition coefficient (Wildman–Crippen LogP) is 2.53. The van der Waals surface area contributed by atoms with E-state index in [1.54, 1.807) is 30.3 Å². The van der Waals surface area contributed by atoms with E-state index in [9.17, 15) is 28.7 Å². The Kier molecular flexibility index (Phi) is 7.95. The second-order valence-corrected chi connectivity index (χ2v) is 8.51. The number of carboxylic acid groups (broad SMARTS) is 2. The monoisotopic (exact) mass is 490 g/mol. The van der Waals surface area contributed by atoms with Gasteiger partial charge in [-0.05, 0) is 43.2 Å². The Balaban J connectivity index is 1.74. The number of nitrogens with one attached hydrogen (secondary N) is 2. The van der Waals surface area contributed by atoms with Gasteiger partial charge in [-0.15, -0.1) is 11.3 Å². The Hall–Kier alpha value is -3.80. The van der Waals surface area contributed by atoms with Gasteiger partial charge in [0.1, 0.15) is 18.5 Å². The minimum Gasteiger partial charge on any atom is -0.481 e. The van der Waals surface area contributed by atoms with E-state index in [-0.39, 0.29) is 23.5 Å². The standard InChI is InChI=1S/C22H23FN4O6S/c1-2-27(11-12-3-4-14-13(9-12)20(30)26-17(10-23)24-14)18-7-6-16(34-18)21(31)25-15(22(32)33)5-8-19(28)29/h3-4,6-7,9,15H,2,5,8,10-11H2,1H3,(H,25,31)(H,28,29)(H,32,33)(H,24,26,30)/t15-/m0/s1. The first-order chi connectivity index (χ1) is 16.2. The molecular weight excluding hydrogens is 467 g/mol. The molecule has 2 aromatic heterocycles. The molecule has 180 valence electrons. The summed E-state index contributed by atoms with van der Waals surface area (Å²) in [5.74, 6) is -3.08. The molecule has 1 aromatic carbocycles. The number of benzene rings is 1. The number of amides is 1. The lowest BCUT2D eigenvalue weighted by molar-refractivity contribution is -0.140. The molecule has 0 saturated carbocycles. The van der Waals surface area contributed by atoms with Gasteiger partial charge >= 0.3 is 11.9 Å². The van der Waals surface area contributed by atoms with E-state index in [1.807, 2.05) is 11.8 Å². The number of nitrogens with zero attached hydrogens (tertiary/aromatic N) is 2. The first kappa shape index (κ1) is 24.8. The number of aliphatic carboxylic acids is 2. The number of hydrogen-bond acceptors (Lipinski definition) is 7. The zero-order valence-electron chi connectivity index (χ0n) is 18.2. The van der Waals surface area contributed by atoms with Gasteiger partial charge in [-0.25, -0.2) is 14.2 Å². The highest BCUT2D eigenvalue weighted by Crippen LogP contribution is 2.28. The van der Waals surface area contributed by atoms with Gasteiger partial charge < -0.3 is 25.4 Å². The Morgan fingerprint density at radius 3 is 2.65 bits per heavy atom. The van der Waals surface area contributed by atoms with Crippen molar-refractivity contribution >= 4 is 45.1 Å². The van der Waals surface area contributed by atoms with Crippen LogP contribution in [0.2, 0.25) is 0 Å². The molecule has 12 heteroatoms. The molecule has 4 N–H and O–H groups in total. The number of H-pyrrole nitrogens is 1. The molecule has 0 spiro atoms. The van der Waals surface area contributed by atoms with Crippen molar-refractivity contribution in [1.29, 1.82) is 0 Å². The van der Waals surface area contributed by atoms with Crippen LogP contribution in [-0.4, -0.2) is 50.6 Å². The zero-order chi connectivity index (χ0) is 24.8. The summed E-state index contributed by atoms with van der Waals surface area (Å²) in [5.41, 5.74) is 0.788. The third-order valence-corrected chi connectivity index (χ3v) is 6.22. The van der Waals surface area contributed by atoms with Crippen LogP contribution in [0.1, 0.15) is 40.8 Å². The number of halogens is 1. The molecule has 10 nitrogen and oxygen atoms in total. The molecule has 34 heavy (non-hydrogen) atoms. The van der Waals surface area contributed by atoms with Crippen molar-refractivity contribution in [1.82, 2.24) is 15.3 Å². The largest absolute Gasteiger partial charge is 0.481 e. The number of thiophene rings is 1. The SMILES string of the molecule is CCN(Cc1ccc2nc(CF)[nH]c(=O)c2c1)c1ccc(C(=O)N[C@@H](CCC(=O)O)C(=O)O)s1. The molecule has 1 atom stereocenters. The van der Waals surface area contributed by atoms with Crippen LogP contribution in [0.25, 0.3) is 10.9 Å². The molecule has 0 saturated heterocycles. The number of aromatic amines is 1. The molecular formula is C22H23FN4O6S. The van der Waals surface area contributed by atoms with Crippen molar-refractivity contribution in [2.75, 3.05) is 11.4 Å². The number of hydrogen-bond donors (Lipinski definition) is 4. The topological polar surface area (TPSA) is 153 Å². The number of aromatic nitrogens is 2. The highest BCUT2D eigenvalue weighted by Gasteiger charge is 2.23. The van der Waals surface area contributed by atoms with Crippen LogP contribution in [0, 0.1) is 0 Å². The van der Waals surface area contributed by atoms with Crippen LogP contribution in [0.15, 0.2) is 35.1 Å². The number of fused-ring (bicyclic) bond motifs is 1. The van der Waals surface area contributed by atoms with Gasteiger partial charge in [-0.2, -0.15) is 0 Å². The number of anilines is 1. The van der Waals surface area contributed by atoms with E-state index in [1.165, 1.54) is 11.3 Å². The quantitative estimate of drug-likeness (QED) is 0.320. The Morgan fingerprint density at radius 1 is 1.24 bits per heavy atom. The molecule has 2 heterocycles. The number of alkyl halides is 1. The number of rotatable bonds is 11. The van der Waals surface area contributed by atoms with Crippen molar-refractivity contribution in [3.63, 3.8) is 0 Å². The average molecular weight is 491 g/mol. The first-order valence-electron chi connectivity index (χ1n) is 10.4. The molecule has 0 fully saturated rings. The molecule has 1 amide bonds. The number of carbonyl (C=O) groups excluding carboxylic acids is 1. The number of carbonyl (C=O) groups is 3. The van der Waals surface area contributed by atoms with Crippen LogP contribution >= 0.6 is 11.3 Å². The molecule has 0 bridgehead atoms. The van der Waals surface area contributed by atoms with E-state index < -0.39 is 36.1 Å². The summed E-state index contributed by atoms with van der Waals surface area (Å²) in [4.78, 5) is 55.6. The molecule has 3 aromatic rings. The molecule has 0 aliphatic carbocycles. The van der Waals surface area contributed by atoms with Gasteiger partial charge in [-0.1, -0.05) is 6.07 Å². The van der Waals surface area contributed by atoms with Crippen LogP contribution in [0.3, 0.4) is 0 Å². The van der Waals surface area contributed by atoms with Crippen molar-refractivity contribution in [3.8, 4) is 0 Å². The van der Waals surface area contributed by atoms with E-state index >= 15 is 0 Å². The Morgan fingerprint density at radius 2 is 2.00 bits per heavy atom. The van der Waals surface area contributed by atoms with E-state index in [0.29, 0.717) is 24.0 Å². The third kappa shape index (κ3) is 5.95. The molecule has 3 rings (SSSR count). The van der Waals surface area contributed by atoms with Gasteiger partial charge in [0, 0.05) is 19.5 Å². The Bertz CT molecular complexity index is 1270. The van der Waals surface area contributed by atoms with Crippen LogP contribution < -0.4 is 15.8 Å². The van der Waals surface area contributed by atoms with Crippen LogP contribution in [0.4, 0.5) is 9.39 Å². The lowest BCUT2D eigenvalue weighted by atomic mass is 10.1. The summed E-state index contributed by atoms with van der Waals surface area (Å²) in [6.07, 6.45) is -0.603. The smallest absolute Gasteiger partial charge is 0.326 e. The maximum atomic E-state index is 12.8.